The van der Waals surface area contributed by atoms with E-state index in [1.807, 2.05) is 37.3 Å². The lowest BCUT2D eigenvalue weighted by molar-refractivity contribution is 0.483. The molecule has 11 heteroatoms. The summed E-state index contributed by atoms with van der Waals surface area (Å²) >= 11 is 16.2. The van der Waals surface area contributed by atoms with Crippen LogP contribution in [0, 0.1) is 6.92 Å². The van der Waals surface area contributed by atoms with Crippen LogP contribution in [0.15, 0.2) is 75.0 Å². The minimum Gasteiger partial charge on any atom is -0.454 e. The van der Waals surface area contributed by atoms with Gasteiger partial charge in [0.05, 0.1) is 32.6 Å². The first kappa shape index (κ1) is 23.2. The highest BCUT2D eigenvalue weighted by atomic mass is 79.9. The summed E-state index contributed by atoms with van der Waals surface area (Å²) in [5.41, 5.74) is 2.28. The van der Waals surface area contributed by atoms with E-state index in [0.717, 1.165) is 43.2 Å². The second-order valence-electron chi connectivity index (χ2n) is 7.56. The molecule has 0 saturated carbocycles. The number of H-pyrrole nitrogens is 1. The van der Waals surface area contributed by atoms with Crippen molar-refractivity contribution in [1.82, 2.24) is 24.7 Å². The highest BCUT2D eigenvalue weighted by molar-refractivity contribution is 9.10. The molecular formula is C24H14BrCl2N5O3. The standard InChI is InChI=1S/C24H14BrCl2N5O3/c1-12-6-21(20-4-2-13(25)10-28-20)30-19-5-3-15(9-16(12)19)35-23-17(26)7-14(8-18(23)27)32-24(34)31-22(33)11-29-32/h2-11H,1H3,(H,31,33,34). The lowest BCUT2D eigenvalue weighted by Crippen LogP contribution is -2.30. The average molecular weight is 571 g/mol. The van der Waals surface area contributed by atoms with Gasteiger partial charge in [-0.15, -0.1) is 0 Å². The SMILES string of the molecule is Cc1cc(-c2ccc(Br)cn2)nc2ccc(Oc3c(Cl)cc(-n4ncc(=O)[nH]c4=O)cc3Cl)cc12. The number of aromatic amines is 1. The second kappa shape index (κ2) is 9.26. The molecule has 8 nitrogen and oxygen atoms in total. The van der Waals surface area contributed by atoms with Crippen LogP contribution in [0.1, 0.15) is 5.56 Å². The van der Waals surface area contributed by atoms with E-state index < -0.39 is 11.2 Å². The Labute approximate surface area is 216 Å². The van der Waals surface area contributed by atoms with Gasteiger partial charge in [-0.05, 0) is 76.9 Å². The molecule has 3 aromatic heterocycles. The van der Waals surface area contributed by atoms with Crippen molar-refractivity contribution in [2.45, 2.75) is 6.92 Å². The number of aryl methyl sites for hydroxylation is 1. The third-order valence-electron chi connectivity index (χ3n) is 5.14. The van der Waals surface area contributed by atoms with E-state index in [2.05, 4.69) is 31.0 Å². The Balaban J connectivity index is 1.49. The zero-order chi connectivity index (χ0) is 24.7. The maximum absolute atomic E-state index is 12.0. The number of halogens is 3. The van der Waals surface area contributed by atoms with E-state index in [-0.39, 0.29) is 21.5 Å². The summed E-state index contributed by atoms with van der Waals surface area (Å²) < 4.78 is 7.87. The van der Waals surface area contributed by atoms with E-state index in [9.17, 15) is 9.59 Å². The average Bonchev–Trinajstić information content (AvgIpc) is 2.82. The summed E-state index contributed by atoms with van der Waals surface area (Å²) in [6.45, 7) is 1.99. The third kappa shape index (κ3) is 4.70. The van der Waals surface area contributed by atoms with Gasteiger partial charge in [-0.3, -0.25) is 14.8 Å². The Morgan fingerprint density at radius 1 is 0.971 bits per heavy atom. The number of benzene rings is 2. The van der Waals surface area contributed by atoms with Crippen LogP contribution in [-0.2, 0) is 0 Å². The van der Waals surface area contributed by atoms with Crippen molar-refractivity contribution < 1.29 is 4.74 Å². The number of hydrogen-bond donors (Lipinski definition) is 1. The normalized spacial score (nSPS) is 11.1. The van der Waals surface area contributed by atoms with Gasteiger partial charge in [0.2, 0.25) is 0 Å². The van der Waals surface area contributed by atoms with E-state index >= 15 is 0 Å². The molecular weight excluding hydrogens is 557 g/mol. The zero-order valence-electron chi connectivity index (χ0n) is 17.9. The fourth-order valence-electron chi connectivity index (χ4n) is 3.52. The molecule has 0 aliphatic rings. The van der Waals surface area contributed by atoms with E-state index in [0.29, 0.717) is 5.75 Å². The summed E-state index contributed by atoms with van der Waals surface area (Å²) in [4.78, 5) is 34.6. The number of rotatable bonds is 4. The lowest BCUT2D eigenvalue weighted by atomic mass is 10.1. The molecule has 3 heterocycles. The van der Waals surface area contributed by atoms with Crippen molar-refractivity contribution in [3.05, 3.63) is 102 Å². The Hall–Kier alpha value is -3.53. The minimum absolute atomic E-state index is 0.166. The highest BCUT2D eigenvalue weighted by Gasteiger charge is 2.15. The van der Waals surface area contributed by atoms with E-state index in [1.54, 1.807) is 12.3 Å². The molecule has 0 amide bonds. The Morgan fingerprint density at radius 3 is 2.43 bits per heavy atom. The fourth-order valence-corrected chi connectivity index (χ4v) is 4.30. The molecule has 0 spiro atoms. The molecule has 0 aliphatic heterocycles. The van der Waals surface area contributed by atoms with Gasteiger partial charge in [-0.1, -0.05) is 23.2 Å². The van der Waals surface area contributed by atoms with Crippen LogP contribution in [0.25, 0.3) is 28.0 Å². The van der Waals surface area contributed by atoms with Crippen molar-refractivity contribution in [2.75, 3.05) is 0 Å². The molecule has 1 N–H and O–H groups in total. The Bertz CT molecular complexity index is 1700. The summed E-state index contributed by atoms with van der Waals surface area (Å²) in [6.07, 6.45) is 2.72. The fraction of sp³-hybridized carbons (Fsp3) is 0.0417. The second-order valence-corrected chi connectivity index (χ2v) is 9.29. The van der Waals surface area contributed by atoms with Crippen LogP contribution >= 0.6 is 39.1 Å². The van der Waals surface area contributed by atoms with Gasteiger partial charge in [0.1, 0.15) is 11.9 Å². The number of nitrogens with one attached hydrogen (secondary N) is 1. The molecule has 0 fully saturated rings. The van der Waals surface area contributed by atoms with Gasteiger partial charge in [-0.25, -0.2) is 9.78 Å². The molecule has 5 aromatic rings. The van der Waals surface area contributed by atoms with Gasteiger partial charge in [-0.2, -0.15) is 9.78 Å². The van der Waals surface area contributed by atoms with Crippen LogP contribution in [0.2, 0.25) is 10.0 Å². The smallest absolute Gasteiger partial charge is 0.349 e. The van der Waals surface area contributed by atoms with Crippen LogP contribution in [0.5, 0.6) is 11.5 Å². The molecule has 0 bridgehead atoms. The van der Waals surface area contributed by atoms with Crippen molar-refractivity contribution in [3.8, 4) is 28.6 Å². The molecule has 2 aromatic carbocycles. The molecule has 5 rings (SSSR count). The number of pyridine rings is 2. The van der Waals surface area contributed by atoms with Gasteiger partial charge in [0.25, 0.3) is 5.56 Å². The monoisotopic (exact) mass is 569 g/mol. The van der Waals surface area contributed by atoms with Crippen LogP contribution < -0.4 is 16.0 Å². The van der Waals surface area contributed by atoms with Gasteiger partial charge in [0.15, 0.2) is 5.75 Å². The van der Waals surface area contributed by atoms with Crippen LogP contribution in [0.3, 0.4) is 0 Å². The first-order valence-electron chi connectivity index (χ1n) is 10.2. The first-order valence-corrected chi connectivity index (χ1v) is 11.7. The molecule has 0 unspecified atom stereocenters. The number of ether oxygens (including phenoxy) is 1. The molecule has 0 aliphatic carbocycles. The molecule has 0 saturated heterocycles. The number of nitrogens with zero attached hydrogens (tertiary/aromatic N) is 4. The summed E-state index contributed by atoms with van der Waals surface area (Å²) in [7, 11) is 0. The van der Waals surface area contributed by atoms with E-state index in [4.69, 9.17) is 32.9 Å². The van der Waals surface area contributed by atoms with Crippen molar-refractivity contribution in [1.29, 1.82) is 0 Å². The van der Waals surface area contributed by atoms with Crippen molar-refractivity contribution in [2.24, 2.45) is 0 Å². The Kier molecular flexibility index (Phi) is 6.14. The maximum Gasteiger partial charge on any atom is 0.349 e. The number of aromatic nitrogens is 5. The number of hydrogen-bond acceptors (Lipinski definition) is 6. The van der Waals surface area contributed by atoms with Crippen LogP contribution in [-0.4, -0.2) is 24.7 Å². The van der Waals surface area contributed by atoms with Crippen molar-refractivity contribution >= 4 is 50.0 Å². The maximum atomic E-state index is 12.0. The topological polar surface area (TPSA) is 103 Å². The predicted molar refractivity (Wildman–Crippen MR) is 138 cm³/mol. The van der Waals surface area contributed by atoms with Gasteiger partial charge in [0, 0.05) is 16.1 Å². The summed E-state index contributed by atoms with van der Waals surface area (Å²) in [5, 5.41) is 5.04. The third-order valence-corrected chi connectivity index (χ3v) is 6.17. The lowest BCUT2D eigenvalue weighted by Gasteiger charge is -2.13. The van der Waals surface area contributed by atoms with E-state index in [1.165, 1.54) is 12.1 Å². The van der Waals surface area contributed by atoms with Crippen LogP contribution in [0.4, 0.5) is 0 Å². The summed E-state index contributed by atoms with van der Waals surface area (Å²) in [5.74, 6) is 0.725. The highest BCUT2D eigenvalue weighted by Crippen LogP contribution is 2.39. The first-order chi connectivity index (χ1) is 16.8. The molecule has 0 atom stereocenters. The molecule has 174 valence electrons. The van der Waals surface area contributed by atoms with Crippen molar-refractivity contribution in [3.63, 3.8) is 0 Å². The zero-order valence-corrected chi connectivity index (χ0v) is 21.0. The van der Waals surface area contributed by atoms with Gasteiger partial charge < -0.3 is 4.74 Å². The van der Waals surface area contributed by atoms with Gasteiger partial charge >= 0.3 is 5.69 Å². The molecule has 0 radical (unpaired) electrons. The Morgan fingerprint density at radius 2 is 1.74 bits per heavy atom. The minimum atomic E-state index is -0.714. The predicted octanol–water partition coefficient (Wildman–Crippen LogP) is 5.70. The molecule has 35 heavy (non-hydrogen) atoms. The quantitative estimate of drug-likeness (QED) is 0.297. The number of fused-ring (bicyclic) bond motifs is 1. The summed E-state index contributed by atoms with van der Waals surface area (Å²) in [6, 6.07) is 14.2. The largest absolute Gasteiger partial charge is 0.454 e.